The van der Waals surface area contributed by atoms with E-state index in [1.165, 1.54) is 4.90 Å². The fraction of sp³-hybridized carbons (Fsp3) is 0.833. The van der Waals surface area contributed by atoms with Gasteiger partial charge in [0, 0.05) is 53.4 Å². The van der Waals surface area contributed by atoms with Crippen molar-refractivity contribution in [2.75, 3.05) is 26.7 Å². The number of rotatable bonds is 9. The number of nitrogens with one attached hydrogen (secondary N) is 3. The number of likely N-dealkylation sites (tertiary alicyclic amines) is 1. The Morgan fingerprint density at radius 1 is 1.13 bits per heavy atom. The van der Waals surface area contributed by atoms with Crippen LogP contribution in [0.2, 0.25) is 0 Å². The molecule has 1 saturated heterocycles. The van der Waals surface area contributed by atoms with E-state index >= 15 is 0 Å². The first kappa shape index (κ1) is 30.4. The number of imide groups is 1. The van der Waals surface area contributed by atoms with Gasteiger partial charge in [0.05, 0.1) is 6.67 Å². The second-order valence-corrected chi connectivity index (χ2v) is 5.16. The predicted molar refractivity (Wildman–Crippen MR) is 74.5 cm³/mol. The van der Waals surface area contributed by atoms with Gasteiger partial charge in [-0.1, -0.05) is 13.8 Å². The Hall–Kier alpha value is -0.452. The number of hydrogen-bond acceptors (Lipinski definition) is 6. The molecule has 10 nitrogen and oxygen atoms in total. The van der Waals surface area contributed by atoms with Crippen LogP contribution in [0.5, 0.6) is 0 Å². The van der Waals surface area contributed by atoms with Crippen molar-refractivity contribution < 1.29 is 47.1 Å². The van der Waals surface area contributed by atoms with E-state index in [0.29, 0.717) is 32.3 Å². The Bertz CT molecular complexity index is 322. The molecule has 1 unspecified atom stereocenters. The van der Waals surface area contributed by atoms with E-state index in [-0.39, 0.29) is 61.9 Å². The van der Waals surface area contributed by atoms with Crippen molar-refractivity contribution in [2.24, 2.45) is 17.6 Å². The minimum atomic E-state index is -0.138. The molecule has 2 amide bonds. The molecule has 1 fully saturated rings. The molecule has 23 heavy (non-hydrogen) atoms. The Kier molecular flexibility index (Phi) is 21.7. The molecule has 0 aliphatic carbocycles. The minimum Gasteiger partial charge on any atom is -2.00 e. The number of nitrogens with two attached hydrogens (primary N) is 1. The van der Waals surface area contributed by atoms with Gasteiger partial charge in [0.15, 0.2) is 0 Å². The van der Waals surface area contributed by atoms with Crippen LogP contribution in [0.4, 0.5) is 0 Å². The molecule has 0 saturated carbocycles. The molecule has 0 aromatic heterocycles. The first-order valence-corrected chi connectivity index (χ1v) is 6.72. The van der Waals surface area contributed by atoms with E-state index in [1.54, 1.807) is 0 Å². The van der Waals surface area contributed by atoms with Crippen molar-refractivity contribution in [1.29, 1.82) is 0 Å². The molecule has 1 rings (SSSR count). The molecule has 140 valence electrons. The molecule has 0 aromatic carbocycles. The Balaban J connectivity index is -0.000000451. The summed E-state index contributed by atoms with van der Waals surface area (Å²) in [6.45, 7) is 5.90. The fourth-order valence-electron chi connectivity index (χ4n) is 2.15. The third-order valence-electron chi connectivity index (χ3n) is 3.01. The molecule has 0 aromatic rings. The second-order valence-electron chi connectivity index (χ2n) is 5.16. The van der Waals surface area contributed by atoms with E-state index in [2.05, 4.69) is 29.8 Å². The number of carbonyl (C=O) groups is 2. The number of carbonyl (C=O) groups excluding carboxylic acids is 2. The van der Waals surface area contributed by atoms with Crippen molar-refractivity contribution in [3.63, 3.8) is 0 Å². The zero-order chi connectivity index (χ0) is 14.3. The second kappa shape index (κ2) is 16.4. The topological polar surface area (TPSA) is 185 Å². The largest absolute Gasteiger partial charge is 2.00 e. The summed E-state index contributed by atoms with van der Waals surface area (Å²) in [7, 11) is 0. The zero-order valence-corrected chi connectivity index (χ0v) is 15.4. The maximum atomic E-state index is 12.0. The summed E-state index contributed by atoms with van der Waals surface area (Å²) in [4.78, 5) is 25.1. The van der Waals surface area contributed by atoms with Crippen LogP contribution in [-0.4, -0.2) is 43.4 Å². The minimum absolute atomic E-state index is 0. The number of amides is 2. The molecule has 1 heterocycles. The molecule has 11 heteroatoms. The van der Waals surface area contributed by atoms with Crippen LogP contribution in [0.25, 0.3) is 0 Å². The maximum absolute atomic E-state index is 12.0. The van der Waals surface area contributed by atoms with Crippen LogP contribution >= 0.6 is 0 Å². The summed E-state index contributed by atoms with van der Waals surface area (Å²) < 4.78 is 0. The van der Waals surface area contributed by atoms with Crippen molar-refractivity contribution in [2.45, 2.75) is 26.7 Å². The fourth-order valence-corrected chi connectivity index (χ4v) is 2.15. The van der Waals surface area contributed by atoms with Gasteiger partial charge < -0.3 is 22.2 Å². The molecule has 1 atom stereocenters. The Morgan fingerprint density at radius 3 is 2.22 bits per heavy atom. The standard InChI is InChI=1S/C12H25N5O2.Mo.3O/c1-9(2)3-10-4-11(18)17(12(10)19)8-16-7-15-6-14-5-13;;;;/h9-10,14-16H,3-8,13H2,1-2H3;;;;/q;;3*-2. The predicted octanol–water partition coefficient (Wildman–Crippen LogP) is -1.39. The molecule has 5 N–H and O–H groups in total. The Labute approximate surface area is 151 Å². The van der Waals surface area contributed by atoms with Gasteiger partial charge in [-0.25, -0.2) is 0 Å². The summed E-state index contributed by atoms with van der Waals surface area (Å²) in [5.41, 5.74) is 5.27. The first-order chi connectivity index (χ1) is 9.06. The van der Waals surface area contributed by atoms with Crippen LogP contribution in [0.3, 0.4) is 0 Å². The third kappa shape index (κ3) is 10.9. The summed E-state index contributed by atoms with van der Waals surface area (Å²) in [5.74, 6) is 0.161. The summed E-state index contributed by atoms with van der Waals surface area (Å²) in [5, 5.41) is 8.95. The molecule has 1 aliphatic heterocycles. The van der Waals surface area contributed by atoms with Crippen LogP contribution in [0.15, 0.2) is 0 Å². The van der Waals surface area contributed by atoms with Gasteiger partial charge >= 0.3 is 0 Å². The van der Waals surface area contributed by atoms with Crippen molar-refractivity contribution in [3.05, 3.63) is 0 Å². The van der Waals surface area contributed by atoms with Gasteiger partial charge in [0.25, 0.3) is 0 Å². The summed E-state index contributed by atoms with van der Waals surface area (Å²) in [6, 6.07) is 0. The van der Waals surface area contributed by atoms with E-state index in [4.69, 9.17) is 5.73 Å². The smallest absolute Gasteiger partial charge is 0.233 e. The summed E-state index contributed by atoms with van der Waals surface area (Å²) in [6.07, 6.45) is 1.13. The van der Waals surface area contributed by atoms with Crippen molar-refractivity contribution in [3.8, 4) is 0 Å². The van der Waals surface area contributed by atoms with Gasteiger partial charge in [-0.05, 0) is 12.3 Å². The van der Waals surface area contributed by atoms with Crippen LogP contribution in [0.1, 0.15) is 26.7 Å². The van der Waals surface area contributed by atoms with Gasteiger partial charge in [-0.3, -0.25) is 30.4 Å². The third-order valence-corrected chi connectivity index (χ3v) is 3.01. The van der Waals surface area contributed by atoms with Gasteiger partial charge in [0.2, 0.25) is 11.8 Å². The molecular weight excluding hydrogens is 390 g/mol. The molecular formula is C12H25MoN5O5-6. The van der Waals surface area contributed by atoms with Gasteiger partial charge in [0.1, 0.15) is 0 Å². The van der Waals surface area contributed by atoms with Crippen molar-refractivity contribution in [1.82, 2.24) is 20.9 Å². The zero-order valence-electron chi connectivity index (χ0n) is 13.4. The normalized spacial score (nSPS) is 16.3. The molecule has 0 bridgehead atoms. The van der Waals surface area contributed by atoms with E-state index < -0.39 is 0 Å². The van der Waals surface area contributed by atoms with Gasteiger partial charge in [-0.15, -0.1) is 0 Å². The average Bonchev–Trinajstić information content (AvgIpc) is 2.59. The van der Waals surface area contributed by atoms with E-state index in [0.717, 1.165) is 6.42 Å². The number of nitrogens with zero attached hydrogens (tertiary/aromatic N) is 1. The van der Waals surface area contributed by atoms with Gasteiger partial charge in [-0.2, -0.15) is 0 Å². The van der Waals surface area contributed by atoms with Crippen LogP contribution in [0, 0.1) is 11.8 Å². The summed E-state index contributed by atoms with van der Waals surface area (Å²) >= 11 is 0. The molecule has 0 spiro atoms. The monoisotopic (exact) mass is 417 g/mol. The molecule has 1 aliphatic rings. The number of hydrogen-bond donors (Lipinski definition) is 4. The SMILES string of the molecule is CC(C)CC1CC(=O)N(CNCNCNCN)C1=O.[Mo].[O-2].[O-2].[O-2]. The maximum Gasteiger partial charge on any atom is 0.233 e. The van der Waals surface area contributed by atoms with Crippen molar-refractivity contribution >= 4 is 11.8 Å². The van der Waals surface area contributed by atoms with Crippen LogP contribution in [-0.2, 0) is 47.1 Å². The first-order valence-electron chi connectivity index (χ1n) is 6.72. The molecule has 0 radical (unpaired) electrons. The quantitative estimate of drug-likeness (QED) is 0.155. The van der Waals surface area contributed by atoms with Crippen LogP contribution < -0.4 is 21.7 Å². The van der Waals surface area contributed by atoms with E-state index in [9.17, 15) is 9.59 Å². The Morgan fingerprint density at radius 2 is 1.70 bits per heavy atom. The van der Waals surface area contributed by atoms with E-state index in [1.807, 2.05) is 0 Å². The average molecular weight is 415 g/mol.